The zero-order valence-electron chi connectivity index (χ0n) is 14.3. The third kappa shape index (κ3) is 3.90. The van der Waals surface area contributed by atoms with Crippen molar-refractivity contribution in [2.75, 3.05) is 33.4 Å². The highest BCUT2D eigenvalue weighted by Gasteiger charge is 2.18. The van der Waals surface area contributed by atoms with Crippen molar-refractivity contribution in [3.8, 4) is 17.2 Å². The van der Waals surface area contributed by atoms with Crippen LogP contribution in [0.1, 0.15) is 5.56 Å². The van der Waals surface area contributed by atoms with E-state index in [-0.39, 0.29) is 12.3 Å². The number of anilines is 1. The number of hydrogen-bond donors (Lipinski definition) is 1. The van der Waals surface area contributed by atoms with E-state index in [9.17, 15) is 4.79 Å². The van der Waals surface area contributed by atoms with Gasteiger partial charge < -0.3 is 14.2 Å². The molecule has 6 nitrogen and oxygen atoms in total. The number of amides is 1. The van der Waals surface area contributed by atoms with Gasteiger partial charge >= 0.3 is 0 Å². The smallest absolute Gasteiger partial charge is 0.243 e. The number of benzene rings is 2. The molecule has 0 unspecified atom stereocenters. The predicted octanol–water partition coefficient (Wildman–Crippen LogP) is 2.42. The van der Waals surface area contributed by atoms with Gasteiger partial charge in [0, 0.05) is 12.6 Å². The summed E-state index contributed by atoms with van der Waals surface area (Å²) < 4.78 is 16.0. The van der Waals surface area contributed by atoms with E-state index in [1.54, 1.807) is 31.3 Å². The summed E-state index contributed by atoms with van der Waals surface area (Å²) in [5.41, 5.74) is 4.44. The van der Waals surface area contributed by atoms with Gasteiger partial charge in [-0.05, 0) is 18.2 Å². The molecule has 1 amide bonds. The van der Waals surface area contributed by atoms with Gasteiger partial charge in [-0.25, -0.2) is 0 Å². The maximum atomic E-state index is 12.3. The first-order valence-corrected chi connectivity index (χ1v) is 7.46. The Morgan fingerprint density at radius 1 is 0.958 bits per heavy atom. The average molecular weight is 330 g/mol. The molecule has 0 aromatic heterocycles. The molecule has 0 aliphatic rings. The van der Waals surface area contributed by atoms with Crippen molar-refractivity contribution in [3.05, 3.63) is 48.0 Å². The second-order valence-corrected chi connectivity index (χ2v) is 5.10. The summed E-state index contributed by atoms with van der Waals surface area (Å²) in [7, 11) is 6.42. The van der Waals surface area contributed by atoms with E-state index in [0.29, 0.717) is 22.8 Å². The van der Waals surface area contributed by atoms with E-state index in [1.807, 2.05) is 30.3 Å². The van der Waals surface area contributed by atoms with Crippen LogP contribution in [0.2, 0.25) is 0 Å². The molecule has 0 aliphatic carbocycles. The first-order valence-electron chi connectivity index (χ1n) is 7.46. The molecule has 1 N–H and O–H groups in total. The SMILES string of the molecule is COc1ccc(CC(=O)NN(C)c2ccccc2)c(OC)c1OC. The van der Waals surface area contributed by atoms with Crippen molar-refractivity contribution < 1.29 is 19.0 Å². The summed E-state index contributed by atoms with van der Waals surface area (Å²) in [4.78, 5) is 12.3. The van der Waals surface area contributed by atoms with Crippen LogP contribution in [0.5, 0.6) is 17.2 Å². The van der Waals surface area contributed by atoms with Gasteiger partial charge in [0.1, 0.15) is 0 Å². The molecule has 0 saturated carbocycles. The van der Waals surface area contributed by atoms with Gasteiger partial charge in [0.15, 0.2) is 11.5 Å². The normalized spacial score (nSPS) is 10.0. The molecule has 2 rings (SSSR count). The molecule has 128 valence electrons. The van der Waals surface area contributed by atoms with Gasteiger partial charge in [0.05, 0.1) is 33.4 Å². The quantitative estimate of drug-likeness (QED) is 0.790. The number of para-hydroxylation sites is 1. The molecule has 0 atom stereocenters. The van der Waals surface area contributed by atoms with E-state index in [0.717, 1.165) is 5.69 Å². The molecule has 2 aromatic rings. The summed E-state index contributed by atoms with van der Waals surface area (Å²) in [6, 6.07) is 13.1. The maximum Gasteiger partial charge on any atom is 0.243 e. The van der Waals surface area contributed by atoms with Crippen LogP contribution in [-0.2, 0) is 11.2 Å². The van der Waals surface area contributed by atoms with Gasteiger partial charge in [0.2, 0.25) is 11.7 Å². The van der Waals surface area contributed by atoms with Gasteiger partial charge in [-0.1, -0.05) is 24.3 Å². The molecule has 0 radical (unpaired) electrons. The number of methoxy groups -OCH3 is 3. The van der Waals surface area contributed by atoms with Crippen molar-refractivity contribution >= 4 is 11.6 Å². The van der Waals surface area contributed by atoms with Gasteiger partial charge in [0.25, 0.3) is 0 Å². The number of nitrogens with zero attached hydrogens (tertiary/aromatic N) is 1. The maximum absolute atomic E-state index is 12.3. The lowest BCUT2D eigenvalue weighted by Gasteiger charge is -2.21. The Morgan fingerprint density at radius 2 is 1.62 bits per heavy atom. The monoisotopic (exact) mass is 330 g/mol. The number of nitrogens with one attached hydrogen (secondary N) is 1. The lowest BCUT2D eigenvalue weighted by Crippen LogP contribution is -2.40. The van der Waals surface area contributed by atoms with E-state index in [4.69, 9.17) is 14.2 Å². The summed E-state index contributed by atoms with van der Waals surface area (Å²) in [5, 5.41) is 1.68. The van der Waals surface area contributed by atoms with Crippen LogP contribution in [0.15, 0.2) is 42.5 Å². The Hall–Kier alpha value is -2.89. The molecular formula is C18H22N2O4. The second kappa shape index (κ2) is 8.10. The molecule has 0 spiro atoms. The third-order valence-electron chi connectivity index (χ3n) is 3.57. The van der Waals surface area contributed by atoms with Gasteiger partial charge in [-0.15, -0.1) is 0 Å². The fourth-order valence-corrected chi connectivity index (χ4v) is 2.42. The summed E-state index contributed by atoms with van der Waals surface area (Å²) in [6.07, 6.45) is 0.153. The van der Waals surface area contributed by atoms with E-state index in [2.05, 4.69) is 5.43 Å². The minimum Gasteiger partial charge on any atom is -0.493 e. The van der Waals surface area contributed by atoms with Crippen LogP contribution in [0.3, 0.4) is 0 Å². The minimum atomic E-state index is -0.160. The van der Waals surface area contributed by atoms with Crippen LogP contribution in [0.25, 0.3) is 0 Å². The number of hydrogen-bond acceptors (Lipinski definition) is 5. The van der Waals surface area contributed by atoms with E-state index in [1.165, 1.54) is 14.2 Å². The fraction of sp³-hybridized carbons (Fsp3) is 0.278. The van der Waals surface area contributed by atoms with Gasteiger partial charge in [-0.2, -0.15) is 0 Å². The summed E-state index contributed by atoms with van der Waals surface area (Å²) in [6.45, 7) is 0. The number of hydrazine groups is 1. The number of carbonyl (C=O) groups excluding carboxylic acids is 1. The molecule has 0 aliphatic heterocycles. The average Bonchev–Trinajstić information content (AvgIpc) is 2.61. The number of carbonyl (C=O) groups is 1. The van der Waals surface area contributed by atoms with Crippen molar-refractivity contribution in [1.82, 2.24) is 5.43 Å². The molecule has 6 heteroatoms. The lowest BCUT2D eigenvalue weighted by atomic mass is 10.1. The van der Waals surface area contributed by atoms with Crippen LogP contribution >= 0.6 is 0 Å². The topological polar surface area (TPSA) is 60.0 Å². The summed E-state index contributed by atoms with van der Waals surface area (Å²) in [5.74, 6) is 1.36. The first kappa shape index (κ1) is 17.5. The second-order valence-electron chi connectivity index (χ2n) is 5.10. The Bertz CT molecular complexity index is 689. The molecule has 2 aromatic carbocycles. The number of rotatable bonds is 7. The van der Waals surface area contributed by atoms with E-state index >= 15 is 0 Å². The first-order chi connectivity index (χ1) is 11.6. The molecule has 0 heterocycles. The highest BCUT2D eigenvalue weighted by atomic mass is 16.5. The summed E-state index contributed by atoms with van der Waals surface area (Å²) >= 11 is 0. The Morgan fingerprint density at radius 3 is 2.21 bits per heavy atom. The Labute approximate surface area is 141 Å². The standard InChI is InChI=1S/C18H22N2O4/c1-20(14-8-6-5-7-9-14)19-16(21)12-13-10-11-15(22-2)18(24-4)17(13)23-3/h5-11H,12H2,1-4H3,(H,19,21). The molecule has 24 heavy (non-hydrogen) atoms. The van der Waals surface area contributed by atoms with Crippen LogP contribution < -0.4 is 24.6 Å². The highest BCUT2D eigenvalue weighted by molar-refractivity contribution is 5.81. The molecular weight excluding hydrogens is 308 g/mol. The predicted molar refractivity (Wildman–Crippen MR) is 92.8 cm³/mol. The Kier molecular flexibility index (Phi) is 5.89. The van der Waals surface area contributed by atoms with E-state index < -0.39 is 0 Å². The zero-order valence-corrected chi connectivity index (χ0v) is 14.3. The third-order valence-corrected chi connectivity index (χ3v) is 3.57. The van der Waals surface area contributed by atoms with Crippen LogP contribution in [-0.4, -0.2) is 34.3 Å². The molecule has 0 bridgehead atoms. The lowest BCUT2D eigenvalue weighted by molar-refractivity contribution is -0.120. The highest BCUT2D eigenvalue weighted by Crippen LogP contribution is 2.39. The van der Waals surface area contributed by atoms with Crippen molar-refractivity contribution in [2.24, 2.45) is 0 Å². The largest absolute Gasteiger partial charge is 0.493 e. The van der Waals surface area contributed by atoms with Crippen molar-refractivity contribution in [3.63, 3.8) is 0 Å². The zero-order chi connectivity index (χ0) is 17.5. The van der Waals surface area contributed by atoms with Crippen LogP contribution in [0, 0.1) is 0 Å². The van der Waals surface area contributed by atoms with Crippen molar-refractivity contribution in [1.29, 1.82) is 0 Å². The Balaban J connectivity index is 2.14. The van der Waals surface area contributed by atoms with Gasteiger partial charge in [-0.3, -0.25) is 15.2 Å². The molecule has 0 saturated heterocycles. The fourth-order valence-electron chi connectivity index (χ4n) is 2.42. The van der Waals surface area contributed by atoms with Crippen LogP contribution in [0.4, 0.5) is 5.69 Å². The minimum absolute atomic E-state index is 0.153. The molecule has 0 fully saturated rings. The van der Waals surface area contributed by atoms with Crippen molar-refractivity contribution in [2.45, 2.75) is 6.42 Å². The number of ether oxygens (including phenoxy) is 3.